The lowest BCUT2D eigenvalue weighted by atomic mass is 9.89. The zero-order chi connectivity index (χ0) is 26.0. The van der Waals surface area contributed by atoms with Gasteiger partial charge in [0.25, 0.3) is 0 Å². The maximum absolute atomic E-state index is 14.0. The number of pyridine rings is 1. The molecule has 0 aliphatic carbocycles. The number of nitrogens with zero attached hydrogens (tertiary/aromatic N) is 2. The van der Waals surface area contributed by atoms with Gasteiger partial charge in [0, 0.05) is 55.5 Å². The molecule has 0 saturated carbocycles. The number of nitrogens with two attached hydrogens (primary N) is 1. The van der Waals surface area contributed by atoms with Crippen LogP contribution in [0, 0.1) is 5.92 Å². The normalized spacial score (nSPS) is 15.3. The molecule has 2 heterocycles. The molecular weight excluding hydrogens is 500 g/mol. The number of hydrogen-bond donors (Lipinski definition) is 2. The van der Waals surface area contributed by atoms with Crippen LogP contribution in [0.2, 0.25) is 0 Å². The largest absolute Gasteiger partial charge is 0.331 e. The predicted molar refractivity (Wildman–Crippen MR) is 151 cm³/mol. The van der Waals surface area contributed by atoms with Crippen molar-refractivity contribution >= 4 is 35.7 Å². The minimum absolute atomic E-state index is 0. The summed E-state index contributed by atoms with van der Waals surface area (Å²) in [5.74, 6) is -0.933. The van der Waals surface area contributed by atoms with Gasteiger partial charge in [0.2, 0.25) is 11.8 Å². The van der Waals surface area contributed by atoms with Crippen molar-refractivity contribution in [3.05, 3.63) is 108 Å². The first-order valence-corrected chi connectivity index (χ1v) is 12.6. The fourth-order valence-electron chi connectivity index (χ4n) is 4.65. The Bertz CT molecular complexity index is 1250. The van der Waals surface area contributed by atoms with Crippen LogP contribution in [-0.2, 0) is 16.0 Å². The summed E-state index contributed by atoms with van der Waals surface area (Å²) in [5, 5.41) is 2.77. The molecule has 198 valence electrons. The van der Waals surface area contributed by atoms with E-state index in [0.29, 0.717) is 30.6 Å². The Morgan fingerprint density at radius 2 is 1.84 bits per heavy atom. The van der Waals surface area contributed by atoms with Crippen molar-refractivity contribution in [2.24, 2.45) is 11.7 Å². The molecule has 1 aliphatic heterocycles. The third-order valence-electron chi connectivity index (χ3n) is 6.50. The number of amides is 2. The lowest BCUT2D eigenvalue weighted by Crippen LogP contribution is -2.42. The number of rotatable bonds is 10. The van der Waals surface area contributed by atoms with Crippen LogP contribution in [0.4, 0.5) is 5.69 Å². The Morgan fingerprint density at radius 3 is 2.58 bits per heavy atom. The van der Waals surface area contributed by atoms with E-state index in [-0.39, 0.29) is 55.4 Å². The first-order valence-electron chi connectivity index (χ1n) is 12.6. The summed E-state index contributed by atoms with van der Waals surface area (Å²) in [6.45, 7) is 0.736. The van der Waals surface area contributed by atoms with Crippen molar-refractivity contribution in [1.29, 1.82) is 0 Å². The zero-order valence-corrected chi connectivity index (χ0v) is 22.0. The summed E-state index contributed by atoms with van der Waals surface area (Å²) in [6.07, 6.45) is 9.03. The molecule has 8 heteroatoms. The molecule has 1 unspecified atom stereocenters. The minimum Gasteiger partial charge on any atom is -0.331 e. The molecule has 1 aliphatic rings. The van der Waals surface area contributed by atoms with E-state index in [1.165, 1.54) is 0 Å². The van der Waals surface area contributed by atoms with Crippen LogP contribution in [0.1, 0.15) is 46.8 Å². The molecule has 38 heavy (non-hydrogen) atoms. The molecule has 0 radical (unpaired) electrons. The van der Waals surface area contributed by atoms with Gasteiger partial charge in [0.05, 0.1) is 6.04 Å². The van der Waals surface area contributed by atoms with Crippen molar-refractivity contribution in [2.45, 2.75) is 31.7 Å². The molecule has 3 aromatic rings. The number of halogens is 1. The molecular formula is C30H33ClN4O3. The molecule has 3 N–H and O–H groups in total. The number of benzene rings is 2. The summed E-state index contributed by atoms with van der Waals surface area (Å²) < 4.78 is 0. The van der Waals surface area contributed by atoms with Gasteiger partial charge in [-0.1, -0.05) is 60.7 Å². The third kappa shape index (κ3) is 7.60. The van der Waals surface area contributed by atoms with E-state index in [2.05, 4.69) is 16.4 Å². The van der Waals surface area contributed by atoms with Gasteiger partial charge in [0.1, 0.15) is 0 Å². The van der Waals surface area contributed by atoms with Gasteiger partial charge in [0.15, 0.2) is 5.78 Å². The number of ketones is 1. The second kappa shape index (κ2) is 14.2. The van der Waals surface area contributed by atoms with Crippen LogP contribution in [0.3, 0.4) is 0 Å². The second-order valence-electron chi connectivity index (χ2n) is 9.18. The second-order valence-corrected chi connectivity index (χ2v) is 9.18. The van der Waals surface area contributed by atoms with Crippen LogP contribution in [0.5, 0.6) is 0 Å². The first kappa shape index (κ1) is 28.8. The van der Waals surface area contributed by atoms with E-state index >= 15 is 0 Å². The van der Waals surface area contributed by atoms with E-state index in [1.807, 2.05) is 53.4 Å². The lowest BCUT2D eigenvalue weighted by molar-refractivity contribution is -0.137. The lowest BCUT2D eigenvalue weighted by Gasteiger charge is -2.35. The van der Waals surface area contributed by atoms with Crippen LogP contribution in [0.25, 0.3) is 0 Å². The molecule has 4 rings (SSSR count). The number of aromatic nitrogens is 1. The molecule has 0 fully saturated rings. The Balaban J connectivity index is 0.00000400. The van der Waals surface area contributed by atoms with Crippen molar-refractivity contribution in [3.8, 4) is 0 Å². The molecule has 0 saturated heterocycles. The van der Waals surface area contributed by atoms with Crippen LogP contribution >= 0.6 is 12.4 Å². The first-order chi connectivity index (χ1) is 18.0. The van der Waals surface area contributed by atoms with Gasteiger partial charge < -0.3 is 16.0 Å². The van der Waals surface area contributed by atoms with Crippen molar-refractivity contribution < 1.29 is 14.4 Å². The number of carbonyl (C=O) groups is 3. The number of carbonyl (C=O) groups excluding carboxylic acids is 3. The minimum atomic E-state index is -0.531. The number of nitrogens with one attached hydrogen (secondary N) is 1. The summed E-state index contributed by atoms with van der Waals surface area (Å²) >= 11 is 0. The highest BCUT2D eigenvalue weighted by atomic mass is 35.5. The fourth-order valence-corrected chi connectivity index (χ4v) is 4.65. The van der Waals surface area contributed by atoms with E-state index in [4.69, 9.17) is 5.73 Å². The van der Waals surface area contributed by atoms with Gasteiger partial charge in [-0.15, -0.1) is 12.4 Å². The standard InChI is InChI=1S/C30H32N4O3.ClH/c31-15-14-29(36)33-26-12-6-10-23(19-26)28(35)20-25(18-22-8-2-1-3-9-22)30(37)34-17-5-4-13-27(34)24-11-7-16-32-21-24;/h1-12,16,19,21,25,27H,13-15,17-18,20,31H2,(H,33,36);1H/t25-,27?;/m1./s1. The summed E-state index contributed by atoms with van der Waals surface area (Å²) in [4.78, 5) is 45.5. The molecule has 2 aromatic carbocycles. The number of anilines is 1. The highest BCUT2D eigenvalue weighted by Gasteiger charge is 2.32. The van der Waals surface area contributed by atoms with Crippen molar-refractivity contribution in [3.63, 3.8) is 0 Å². The SMILES string of the molecule is Cl.NCCC(=O)Nc1cccc(C(=O)C[C@@H](Cc2ccccc2)C(=O)N2CC=CCC2c2cccnc2)c1. The van der Waals surface area contributed by atoms with Gasteiger partial charge in [-0.2, -0.15) is 0 Å². The highest BCUT2D eigenvalue weighted by molar-refractivity contribution is 6.00. The molecule has 2 atom stereocenters. The molecule has 0 bridgehead atoms. The molecule has 1 aromatic heterocycles. The highest BCUT2D eigenvalue weighted by Crippen LogP contribution is 2.30. The van der Waals surface area contributed by atoms with Gasteiger partial charge >= 0.3 is 0 Å². The average Bonchev–Trinajstić information content (AvgIpc) is 2.93. The van der Waals surface area contributed by atoms with E-state index in [0.717, 1.165) is 11.1 Å². The fraction of sp³-hybridized carbons (Fsp3) is 0.267. The van der Waals surface area contributed by atoms with Gasteiger partial charge in [-0.3, -0.25) is 19.4 Å². The Morgan fingerprint density at radius 1 is 1.03 bits per heavy atom. The van der Waals surface area contributed by atoms with Crippen molar-refractivity contribution in [1.82, 2.24) is 9.88 Å². The predicted octanol–water partition coefficient (Wildman–Crippen LogP) is 4.75. The maximum Gasteiger partial charge on any atom is 0.227 e. The van der Waals surface area contributed by atoms with E-state index in [9.17, 15) is 14.4 Å². The zero-order valence-electron chi connectivity index (χ0n) is 21.2. The van der Waals surface area contributed by atoms with Gasteiger partial charge in [-0.25, -0.2) is 0 Å². The Kier molecular flexibility index (Phi) is 10.8. The average molecular weight is 533 g/mol. The number of hydrogen-bond acceptors (Lipinski definition) is 5. The van der Waals surface area contributed by atoms with Gasteiger partial charge in [-0.05, 0) is 42.2 Å². The van der Waals surface area contributed by atoms with Crippen molar-refractivity contribution in [2.75, 3.05) is 18.4 Å². The van der Waals surface area contributed by atoms with Crippen LogP contribution < -0.4 is 11.1 Å². The molecule has 7 nitrogen and oxygen atoms in total. The summed E-state index contributed by atoms with van der Waals surface area (Å²) in [6, 6.07) is 20.3. The summed E-state index contributed by atoms with van der Waals surface area (Å²) in [5.41, 5.74) is 8.43. The topological polar surface area (TPSA) is 105 Å². The maximum atomic E-state index is 14.0. The number of Topliss-reactive ketones (excluding diaryl/α,β-unsaturated/α-hetero) is 1. The monoisotopic (exact) mass is 532 g/mol. The third-order valence-corrected chi connectivity index (χ3v) is 6.50. The summed E-state index contributed by atoms with van der Waals surface area (Å²) in [7, 11) is 0. The smallest absolute Gasteiger partial charge is 0.227 e. The molecule has 0 spiro atoms. The van der Waals surface area contributed by atoms with Crippen LogP contribution in [0.15, 0.2) is 91.3 Å². The van der Waals surface area contributed by atoms with Crippen LogP contribution in [-0.4, -0.2) is 40.6 Å². The van der Waals surface area contributed by atoms with E-state index in [1.54, 1.807) is 36.7 Å². The Hall–Kier alpha value is -3.81. The van der Waals surface area contributed by atoms with E-state index < -0.39 is 5.92 Å². The molecule has 2 amide bonds. The Labute approximate surface area is 229 Å². The quantitative estimate of drug-likeness (QED) is 0.289.